The summed E-state index contributed by atoms with van der Waals surface area (Å²) in [4.78, 5) is 24.2. The van der Waals surface area contributed by atoms with Crippen LogP contribution in [0.3, 0.4) is 0 Å². The van der Waals surface area contributed by atoms with Gasteiger partial charge in [-0.2, -0.15) is 13.2 Å². The highest BCUT2D eigenvalue weighted by Crippen LogP contribution is 2.31. The van der Waals surface area contributed by atoms with Gasteiger partial charge in [0.05, 0.1) is 0 Å². The fraction of sp³-hybridized carbons (Fsp3) is 0.440. The summed E-state index contributed by atoms with van der Waals surface area (Å²) in [6.45, 7) is 2.49. The highest BCUT2D eigenvalue weighted by molar-refractivity contribution is 5.94. The topological polar surface area (TPSA) is 88.1 Å². The van der Waals surface area contributed by atoms with Gasteiger partial charge < -0.3 is 19.9 Å². The third-order valence-corrected chi connectivity index (χ3v) is 6.45. The summed E-state index contributed by atoms with van der Waals surface area (Å²) in [6, 6.07) is 14.5. The number of amides is 1. The van der Waals surface area contributed by atoms with E-state index in [0.29, 0.717) is 11.5 Å². The summed E-state index contributed by atoms with van der Waals surface area (Å²) in [7, 11) is 0. The zero-order valence-corrected chi connectivity index (χ0v) is 19.0. The average molecular weight is 492 g/mol. The van der Waals surface area contributed by atoms with Crippen molar-refractivity contribution in [2.24, 2.45) is 0 Å². The summed E-state index contributed by atoms with van der Waals surface area (Å²) in [5.41, 5.74) is 3.60. The van der Waals surface area contributed by atoms with Gasteiger partial charge in [0.25, 0.3) is 5.91 Å². The number of hydrogen-bond acceptors (Lipinski definition) is 5. The van der Waals surface area contributed by atoms with E-state index in [2.05, 4.69) is 22.3 Å². The minimum absolute atomic E-state index is 0.167. The molecule has 0 bridgehead atoms. The van der Waals surface area contributed by atoms with Crippen LogP contribution in [0.15, 0.2) is 42.5 Å². The van der Waals surface area contributed by atoms with Gasteiger partial charge in [0.2, 0.25) is 6.10 Å². The van der Waals surface area contributed by atoms with Gasteiger partial charge >= 0.3 is 12.1 Å². The number of halogens is 3. The molecule has 35 heavy (non-hydrogen) atoms. The fourth-order valence-electron chi connectivity index (χ4n) is 4.31. The number of anilines is 1. The lowest BCUT2D eigenvalue weighted by Gasteiger charge is -2.36. The monoisotopic (exact) mass is 492 g/mol. The van der Waals surface area contributed by atoms with Gasteiger partial charge in [-0.15, -0.1) is 0 Å². The molecule has 2 heterocycles. The highest BCUT2D eigenvalue weighted by atomic mass is 19.4. The number of carboxylic acid groups (broad SMARTS) is 1. The smallest absolute Gasteiger partial charge is 0.485 e. The maximum atomic E-state index is 12.7. The molecule has 5 rings (SSSR count). The molecule has 1 fully saturated rings. The number of hydrogen-bond donors (Lipinski definition) is 2. The van der Waals surface area contributed by atoms with Crippen molar-refractivity contribution in [3.05, 3.63) is 53.6 Å². The van der Waals surface area contributed by atoms with Gasteiger partial charge in [0.15, 0.2) is 11.5 Å². The lowest BCUT2D eigenvalue weighted by Crippen LogP contribution is -2.41. The molecule has 2 aliphatic heterocycles. The first-order valence-electron chi connectivity index (χ1n) is 11.6. The minimum atomic E-state index is -5.08. The van der Waals surface area contributed by atoms with E-state index in [1.165, 1.54) is 30.4 Å². The molecule has 1 atom stereocenters. The van der Waals surface area contributed by atoms with Crippen LogP contribution in [0.4, 0.5) is 18.9 Å². The Morgan fingerprint density at radius 3 is 2.29 bits per heavy atom. The van der Waals surface area contributed by atoms with Crippen LogP contribution in [-0.2, 0) is 22.4 Å². The molecule has 1 saturated carbocycles. The van der Waals surface area contributed by atoms with Gasteiger partial charge in [0.1, 0.15) is 6.61 Å². The molecule has 0 radical (unpaired) electrons. The number of aliphatic carboxylic acids is 1. The number of carboxylic acids is 1. The second-order valence-corrected chi connectivity index (χ2v) is 8.76. The molecular weight excluding hydrogens is 465 g/mol. The highest BCUT2D eigenvalue weighted by Gasteiger charge is 2.38. The quantitative estimate of drug-likeness (QED) is 0.672. The SMILES string of the molecule is O=C(Nc1ccc2c(c1)CCN(C1CCC1)CC2)C1COc2ccccc2O1.O=C(O)C(F)(F)F. The van der Waals surface area contributed by atoms with E-state index < -0.39 is 18.2 Å². The van der Waals surface area contributed by atoms with Crippen LogP contribution in [-0.4, -0.2) is 59.9 Å². The van der Waals surface area contributed by atoms with Crippen molar-refractivity contribution in [1.82, 2.24) is 4.90 Å². The van der Waals surface area contributed by atoms with Gasteiger partial charge in [0, 0.05) is 24.8 Å². The van der Waals surface area contributed by atoms with E-state index >= 15 is 0 Å². The summed E-state index contributed by atoms with van der Waals surface area (Å²) in [5, 5.41) is 10.1. The first kappa shape index (κ1) is 24.8. The number of ether oxygens (including phenoxy) is 2. The Hall–Kier alpha value is -3.27. The van der Waals surface area contributed by atoms with Crippen molar-refractivity contribution in [2.75, 3.05) is 25.0 Å². The Morgan fingerprint density at radius 1 is 1.00 bits per heavy atom. The Morgan fingerprint density at radius 2 is 1.66 bits per heavy atom. The molecule has 1 aliphatic carbocycles. The van der Waals surface area contributed by atoms with E-state index in [9.17, 15) is 18.0 Å². The van der Waals surface area contributed by atoms with Gasteiger partial charge in [-0.05, 0) is 61.1 Å². The minimum Gasteiger partial charge on any atom is -0.485 e. The predicted molar refractivity (Wildman–Crippen MR) is 122 cm³/mol. The Labute approximate surface area is 200 Å². The molecule has 2 aromatic rings. The summed E-state index contributed by atoms with van der Waals surface area (Å²) < 4.78 is 43.2. The first-order chi connectivity index (χ1) is 16.7. The van der Waals surface area contributed by atoms with Crippen LogP contribution in [0.1, 0.15) is 30.4 Å². The van der Waals surface area contributed by atoms with E-state index in [1.807, 2.05) is 30.3 Å². The van der Waals surface area contributed by atoms with Crippen LogP contribution in [0.2, 0.25) is 0 Å². The van der Waals surface area contributed by atoms with E-state index in [0.717, 1.165) is 37.7 Å². The van der Waals surface area contributed by atoms with Crippen molar-refractivity contribution in [1.29, 1.82) is 0 Å². The van der Waals surface area contributed by atoms with Crippen molar-refractivity contribution in [2.45, 2.75) is 50.4 Å². The maximum Gasteiger partial charge on any atom is 0.490 e. The maximum absolute atomic E-state index is 12.7. The predicted octanol–water partition coefficient (Wildman–Crippen LogP) is 4.05. The standard InChI is InChI=1S/C23H26N2O3.C2HF3O2/c26-23(22-15-27-20-6-1-2-7-21(20)28-22)24-18-9-8-16-10-12-25(19-4-3-5-19)13-11-17(16)14-18;3-2(4,5)1(6)7/h1-2,6-9,14,19,22H,3-5,10-13,15H2,(H,24,26);(H,6,7). The van der Waals surface area contributed by atoms with Gasteiger partial charge in [-0.3, -0.25) is 9.69 Å². The van der Waals surface area contributed by atoms with Crippen LogP contribution < -0.4 is 14.8 Å². The number of rotatable bonds is 3. The lowest BCUT2D eigenvalue weighted by molar-refractivity contribution is -0.192. The number of fused-ring (bicyclic) bond motifs is 2. The molecule has 7 nitrogen and oxygen atoms in total. The fourth-order valence-corrected chi connectivity index (χ4v) is 4.31. The average Bonchev–Trinajstić information content (AvgIpc) is 3.00. The molecular formula is C25H27F3N2O5. The van der Waals surface area contributed by atoms with E-state index in [-0.39, 0.29) is 12.5 Å². The number of alkyl halides is 3. The van der Waals surface area contributed by atoms with Crippen molar-refractivity contribution < 1.29 is 37.3 Å². The van der Waals surface area contributed by atoms with Gasteiger partial charge in [-0.25, -0.2) is 4.79 Å². The third-order valence-electron chi connectivity index (χ3n) is 6.45. The number of nitrogens with zero attached hydrogens (tertiary/aromatic N) is 1. The molecule has 3 aliphatic rings. The molecule has 0 aromatic heterocycles. The summed E-state index contributed by atoms with van der Waals surface area (Å²) in [5.74, 6) is -1.62. The largest absolute Gasteiger partial charge is 0.490 e. The lowest BCUT2D eigenvalue weighted by atomic mass is 9.91. The van der Waals surface area contributed by atoms with E-state index in [1.54, 1.807) is 0 Å². The molecule has 188 valence electrons. The Balaban J connectivity index is 0.000000364. The second kappa shape index (κ2) is 10.6. The molecule has 10 heteroatoms. The zero-order valence-electron chi connectivity index (χ0n) is 19.0. The van der Waals surface area contributed by atoms with Gasteiger partial charge in [-0.1, -0.05) is 24.6 Å². The van der Waals surface area contributed by atoms with E-state index in [4.69, 9.17) is 19.4 Å². The molecule has 0 saturated heterocycles. The summed E-state index contributed by atoms with van der Waals surface area (Å²) >= 11 is 0. The van der Waals surface area contributed by atoms with Crippen molar-refractivity contribution in [3.8, 4) is 11.5 Å². The number of carbonyl (C=O) groups is 2. The molecule has 1 amide bonds. The Bertz CT molecular complexity index is 1070. The molecule has 0 spiro atoms. The first-order valence-corrected chi connectivity index (χ1v) is 11.6. The van der Waals surface area contributed by atoms with Crippen LogP contribution >= 0.6 is 0 Å². The number of para-hydroxylation sites is 2. The molecule has 2 N–H and O–H groups in total. The van der Waals surface area contributed by atoms with Crippen LogP contribution in [0.5, 0.6) is 11.5 Å². The Kier molecular flexibility index (Phi) is 7.49. The number of benzene rings is 2. The molecule has 1 unspecified atom stereocenters. The number of nitrogens with one attached hydrogen (secondary N) is 1. The normalized spacial score (nSPS) is 19.8. The number of carbonyl (C=O) groups excluding carboxylic acids is 1. The molecule has 2 aromatic carbocycles. The van der Waals surface area contributed by atoms with Crippen molar-refractivity contribution >= 4 is 17.6 Å². The van der Waals surface area contributed by atoms with Crippen LogP contribution in [0.25, 0.3) is 0 Å². The van der Waals surface area contributed by atoms with Crippen molar-refractivity contribution in [3.63, 3.8) is 0 Å². The zero-order chi connectivity index (χ0) is 25.0. The third kappa shape index (κ3) is 6.25. The second-order valence-electron chi connectivity index (χ2n) is 8.76. The van der Waals surface area contributed by atoms with Crippen LogP contribution in [0, 0.1) is 0 Å². The summed E-state index contributed by atoms with van der Waals surface area (Å²) in [6.07, 6.45) is 0.501.